The van der Waals surface area contributed by atoms with Gasteiger partial charge in [-0.25, -0.2) is 0 Å². The second kappa shape index (κ2) is 7.07. The van der Waals surface area contributed by atoms with Gasteiger partial charge in [0.1, 0.15) is 5.75 Å². The summed E-state index contributed by atoms with van der Waals surface area (Å²) in [4.78, 5) is 1.34. The first-order valence-corrected chi connectivity index (χ1v) is 7.76. The molecule has 0 aliphatic carbocycles. The molecule has 4 heteroatoms. The third-order valence-corrected chi connectivity index (χ3v) is 4.47. The maximum Gasteiger partial charge on any atom is 0.136 e. The zero-order valence-corrected chi connectivity index (χ0v) is 13.5. The van der Waals surface area contributed by atoms with Crippen molar-refractivity contribution in [2.24, 2.45) is 5.92 Å². The predicted molar refractivity (Wildman–Crippen MR) is 85.6 cm³/mol. The van der Waals surface area contributed by atoms with Gasteiger partial charge in [0.2, 0.25) is 0 Å². The van der Waals surface area contributed by atoms with Crippen LogP contribution in [0.2, 0.25) is 0 Å². The van der Waals surface area contributed by atoms with Crippen LogP contribution in [0.25, 0.3) is 10.1 Å². The average molecular weight is 293 g/mol. The minimum absolute atomic E-state index is 0.645. The second-order valence-electron chi connectivity index (χ2n) is 5.30. The molecule has 2 rings (SSSR count). The van der Waals surface area contributed by atoms with Crippen molar-refractivity contribution in [2.75, 3.05) is 20.8 Å². The van der Waals surface area contributed by atoms with Gasteiger partial charge < -0.3 is 14.8 Å². The van der Waals surface area contributed by atoms with Gasteiger partial charge in [-0.05, 0) is 18.5 Å². The van der Waals surface area contributed by atoms with Crippen molar-refractivity contribution >= 4 is 21.4 Å². The molecule has 0 saturated heterocycles. The Labute approximate surface area is 124 Å². The molecule has 1 N–H and O–H groups in total. The molecule has 3 nitrogen and oxygen atoms in total. The number of benzene rings is 1. The highest BCUT2D eigenvalue weighted by Crippen LogP contribution is 2.37. The highest BCUT2D eigenvalue weighted by molar-refractivity contribution is 7.19. The van der Waals surface area contributed by atoms with E-state index in [0.717, 1.165) is 18.8 Å². The van der Waals surface area contributed by atoms with Crippen molar-refractivity contribution in [3.8, 4) is 5.75 Å². The monoisotopic (exact) mass is 293 g/mol. The lowest BCUT2D eigenvalue weighted by Crippen LogP contribution is -2.19. The van der Waals surface area contributed by atoms with E-state index >= 15 is 0 Å². The molecule has 0 aliphatic rings. The zero-order valence-electron chi connectivity index (χ0n) is 12.7. The zero-order chi connectivity index (χ0) is 14.5. The Morgan fingerprint density at radius 2 is 2.05 bits per heavy atom. The first kappa shape index (κ1) is 15.3. The van der Waals surface area contributed by atoms with Gasteiger partial charge >= 0.3 is 0 Å². The summed E-state index contributed by atoms with van der Waals surface area (Å²) in [6.45, 7) is 7.00. The highest BCUT2D eigenvalue weighted by atomic mass is 32.1. The molecular formula is C16H23NO2S. The number of fused-ring (bicyclic) bond motifs is 1. The molecule has 0 fully saturated rings. The minimum Gasteiger partial charge on any atom is -0.495 e. The van der Waals surface area contributed by atoms with E-state index in [4.69, 9.17) is 9.47 Å². The van der Waals surface area contributed by atoms with Gasteiger partial charge in [0.25, 0.3) is 0 Å². The summed E-state index contributed by atoms with van der Waals surface area (Å²) in [5.41, 5.74) is 1.28. The smallest absolute Gasteiger partial charge is 0.136 e. The Balaban J connectivity index is 2.34. The molecule has 0 radical (unpaired) electrons. The van der Waals surface area contributed by atoms with Crippen LogP contribution in [0.1, 0.15) is 24.3 Å². The number of hydrogen-bond donors (Lipinski definition) is 1. The third-order valence-electron chi connectivity index (χ3n) is 3.21. The van der Waals surface area contributed by atoms with E-state index in [1.165, 1.54) is 20.5 Å². The number of ether oxygens (including phenoxy) is 2. The lowest BCUT2D eigenvalue weighted by molar-refractivity contribution is 0.185. The fraction of sp³-hybridized carbons (Fsp3) is 0.500. The second-order valence-corrected chi connectivity index (χ2v) is 6.40. The van der Waals surface area contributed by atoms with Crippen LogP contribution in [0.15, 0.2) is 18.2 Å². The van der Waals surface area contributed by atoms with Gasteiger partial charge in [0, 0.05) is 29.5 Å². The summed E-state index contributed by atoms with van der Waals surface area (Å²) in [5.74, 6) is 1.60. The van der Waals surface area contributed by atoms with Crippen molar-refractivity contribution in [3.05, 3.63) is 28.6 Å². The molecule has 2 aromatic rings. The fourth-order valence-electron chi connectivity index (χ4n) is 2.27. The normalized spacial score (nSPS) is 11.4. The summed E-state index contributed by atoms with van der Waals surface area (Å²) < 4.78 is 12.1. The van der Waals surface area contributed by atoms with Crippen molar-refractivity contribution in [1.29, 1.82) is 0 Å². The fourth-order valence-corrected chi connectivity index (χ4v) is 3.54. The largest absolute Gasteiger partial charge is 0.495 e. The number of nitrogens with one attached hydrogen (secondary N) is 1. The van der Waals surface area contributed by atoms with E-state index in [2.05, 4.69) is 25.2 Å². The lowest BCUT2D eigenvalue weighted by Gasteiger charge is -2.08. The van der Waals surface area contributed by atoms with E-state index in [0.29, 0.717) is 12.5 Å². The number of hydrogen-bond acceptors (Lipinski definition) is 4. The molecule has 0 atom stereocenters. The van der Waals surface area contributed by atoms with Gasteiger partial charge in [0.15, 0.2) is 0 Å². The summed E-state index contributed by atoms with van der Waals surface area (Å²) in [7, 11) is 3.47. The van der Waals surface area contributed by atoms with Gasteiger partial charge in [-0.1, -0.05) is 26.0 Å². The average Bonchev–Trinajstić information content (AvgIpc) is 2.77. The third kappa shape index (κ3) is 3.32. The Kier molecular flexibility index (Phi) is 5.40. The standard InChI is InChI=1S/C16H23NO2S/c1-11(2)8-17-9-15-13(10-18-3)12-6-5-7-14(19-4)16(12)20-15/h5-7,11,17H,8-10H2,1-4H3. The van der Waals surface area contributed by atoms with E-state index in [1.54, 1.807) is 25.6 Å². The van der Waals surface area contributed by atoms with E-state index in [-0.39, 0.29) is 0 Å². The number of methoxy groups -OCH3 is 2. The van der Waals surface area contributed by atoms with Crippen LogP contribution in [0.4, 0.5) is 0 Å². The summed E-state index contributed by atoms with van der Waals surface area (Å²) >= 11 is 1.80. The molecule has 0 amide bonds. The molecule has 1 heterocycles. The molecule has 1 aromatic carbocycles. The Bertz CT molecular complexity index is 563. The molecule has 1 aromatic heterocycles. The maximum absolute atomic E-state index is 5.47. The number of thiophene rings is 1. The van der Waals surface area contributed by atoms with Crippen molar-refractivity contribution in [1.82, 2.24) is 5.32 Å². The Morgan fingerprint density at radius 1 is 1.25 bits per heavy atom. The minimum atomic E-state index is 0.645. The molecule has 20 heavy (non-hydrogen) atoms. The van der Waals surface area contributed by atoms with Crippen molar-refractivity contribution in [3.63, 3.8) is 0 Å². The maximum atomic E-state index is 5.47. The van der Waals surface area contributed by atoms with Crippen molar-refractivity contribution < 1.29 is 9.47 Å². The van der Waals surface area contributed by atoms with Gasteiger partial charge in [-0.2, -0.15) is 0 Å². The van der Waals surface area contributed by atoms with Crippen LogP contribution < -0.4 is 10.1 Å². The molecule has 0 spiro atoms. The SMILES string of the molecule is COCc1c(CNCC(C)C)sc2c(OC)cccc12. The van der Waals surface area contributed by atoms with E-state index in [9.17, 15) is 0 Å². The van der Waals surface area contributed by atoms with Crippen molar-refractivity contribution in [2.45, 2.75) is 27.0 Å². The van der Waals surface area contributed by atoms with Crippen LogP contribution in [0.5, 0.6) is 5.75 Å². The van der Waals surface area contributed by atoms with Crippen LogP contribution in [0, 0.1) is 5.92 Å². The summed E-state index contributed by atoms with van der Waals surface area (Å²) in [6.07, 6.45) is 0. The van der Waals surface area contributed by atoms with Crippen LogP contribution in [-0.2, 0) is 17.9 Å². The molecule has 0 aliphatic heterocycles. The highest BCUT2D eigenvalue weighted by Gasteiger charge is 2.14. The predicted octanol–water partition coefficient (Wildman–Crippen LogP) is 3.80. The molecule has 0 unspecified atom stereocenters. The molecule has 0 bridgehead atoms. The number of rotatable bonds is 7. The first-order valence-electron chi connectivity index (χ1n) is 6.94. The van der Waals surface area contributed by atoms with E-state index in [1.807, 2.05) is 12.1 Å². The van der Waals surface area contributed by atoms with Crippen LogP contribution in [-0.4, -0.2) is 20.8 Å². The topological polar surface area (TPSA) is 30.5 Å². The molecular weight excluding hydrogens is 270 g/mol. The van der Waals surface area contributed by atoms with E-state index < -0.39 is 0 Å². The van der Waals surface area contributed by atoms with Crippen LogP contribution in [0.3, 0.4) is 0 Å². The summed E-state index contributed by atoms with van der Waals surface area (Å²) in [5, 5.41) is 4.76. The first-order chi connectivity index (χ1) is 9.67. The Hall–Kier alpha value is -1.10. The quantitative estimate of drug-likeness (QED) is 0.842. The molecule has 110 valence electrons. The molecule has 0 saturated carbocycles. The van der Waals surface area contributed by atoms with Gasteiger partial charge in [-0.3, -0.25) is 0 Å². The van der Waals surface area contributed by atoms with Gasteiger partial charge in [0.05, 0.1) is 18.4 Å². The Morgan fingerprint density at radius 3 is 2.70 bits per heavy atom. The lowest BCUT2D eigenvalue weighted by atomic mass is 10.1. The van der Waals surface area contributed by atoms with Gasteiger partial charge in [-0.15, -0.1) is 11.3 Å². The summed E-state index contributed by atoms with van der Waals surface area (Å²) in [6, 6.07) is 6.20. The van der Waals surface area contributed by atoms with Crippen LogP contribution >= 0.6 is 11.3 Å².